The highest BCUT2D eigenvalue weighted by atomic mass is 35.5. The Morgan fingerprint density at radius 2 is 1.92 bits per heavy atom. The fraction of sp³-hybridized carbons (Fsp3) is 0.350. The molecule has 3 atom stereocenters. The molecule has 0 amide bonds. The number of hydrogen-bond donors (Lipinski definition) is 0. The average molecular weight is 350 g/mol. The molecule has 0 N–H and O–H groups in total. The number of hydrogen-bond acceptors (Lipinski definition) is 4. The zero-order valence-corrected chi connectivity index (χ0v) is 14.2. The maximum Gasteiger partial charge on any atom is 0.176 e. The molecule has 0 radical (unpaired) electrons. The van der Waals surface area contributed by atoms with E-state index in [9.17, 15) is 15.3 Å². The summed E-state index contributed by atoms with van der Waals surface area (Å²) >= 11 is 6.42. The highest BCUT2D eigenvalue weighted by Crippen LogP contribution is 2.55. The van der Waals surface area contributed by atoms with Gasteiger partial charge in [-0.15, -0.1) is 0 Å². The molecule has 0 bridgehead atoms. The van der Waals surface area contributed by atoms with Crippen molar-refractivity contribution in [3.05, 3.63) is 59.3 Å². The van der Waals surface area contributed by atoms with Crippen molar-refractivity contribution in [2.45, 2.75) is 30.8 Å². The fourth-order valence-corrected chi connectivity index (χ4v) is 4.38. The number of fused-ring (bicyclic) bond motifs is 1. The highest BCUT2D eigenvalue weighted by Gasteiger charge is 2.63. The maximum atomic E-state index is 13.1. The van der Waals surface area contributed by atoms with Crippen molar-refractivity contribution in [1.82, 2.24) is 4.90 Å². The van der Waals surface area contributed by atoms with Crippen LogP contribution in [0, 0.1) is 34.0 Å². The lowest BCUT2D eigenvalue weighted by Crippen LogP contribution is -2.40. The summed E-state index contributed by atoms with van der Waals surface area (Å²) in [5.41, 5.74) is -0.663. The van der Waals surface area contributed by atoms with Crippen LogP contribution in [-0.2, 0) is 4.79 Å². The zero-order chi connectivity index (χ0) is 17.6. The first-order valence-corrected chi connectivity index (χ1v) is 8.75. The van der Waals surface area contributed by atoms with Crippen molar-refractivity contribution >= 4 is 17.4 Å². The minimum atomic E-state index is -1.36. The maximum absolute atomic E-state index is 13.1. The Bertz CT molecular complexity index is 858. The normalized spacial score (nSPS) is 28.9. The van der Waals surface area contributed by atoms with Crippen LogP contribution < -0.4 is 0 Å². The molecule has 1 saturated carbocycles. The SMILES string of the molecule is N#CC1(C#N)[C@@H]2C=CC=CN2[C@@H](C(=O)C2CC2)[C@@H]1c1ccccc1Cl. The minimum absolute atomic E-state index is 0.0307. The second-order valence-corrected chi connectivity index (χ2v) is 7.24. The molecule has 2 heterocycles. The Kier molecular flexibility index (Phi) is 3.67. The summed E-state index contributed by atoms with van der Waals surface area (Å²) in [5, 5.41) is 20.5. The van der Waals surface area contributed by atoms with E-state index in [1.165, 1.54) is 0 Å². The summed E-state index contributed by atoms with van der Waals surface area (Å²) in [5.74, 6) is -0.438. The number of ketones is 1. The van der Waals surface area contributed by atoms with Crippen molar-refractivity contribution in [3.63, 3.8) is 0 Å². The summed E-state index contributed by atoms with van der Waals surface area (Å²) in [6, 6.07) is 10.7. The molecule has 3 aliphatic rings. The quantitative estimate of drug-likeness (QED) is 0.836. The number of allylic oxidation sites excluding steroid dienone is 2. The molecular weight excluding hydrogens is 334 g/mol. The first-order chi connectivity index (χ1) is 12.1. The Hall–Kier alpha value is -2.56. The molecule has 0 spiro atoms. The lowest BCUT2D eigenvalue weighted by Gasteiger charge is -2.29. The summed E-state index contributed by atoms with van der Waals surface area (Å²) in [7, 11) is 0. The van der Waals surface area contributed by atoms with Gasteiger partial charge in [-0.05, 0) is 30.5 Å². The van der Waals surface area contributed by atoms with Crippen LogP contribution in [0.5, 0.6) is 0 Å². The molecule has 25 heavy (non-hydrogen) atoms. The molecule has 2 aliphatic heterocycles. The third-order valence-electron chi connectivity index (χ3n) is 5.46. The van der Waals surface area contributed by atoms with Crippen LogP contribution in [0.4, 0.5) is 0 Å². The van der Waals surface area contributed by atoms with Crippen molar-refractivity contribution in [2.24, 2.45) is 11.3 Å². The monoisotopic (exact) mass is 349 g/mol. The lowest BCUT2D eigenvalue weighted by atomic mass is 9.69. The van der Waals surface area contributed by atoms with E-state index in [0.717, 1.165) is 12.8 Å². The first kappa shape index (κ1) is 15.9. The highest BCUT2D eigenvalue weighted by molar-refractivity contribution is 6.31. The van der Waals surface area contributed by atoms with E-state index in [0.29, 0.717) is 10.6 Å². The van der Waals surface area contributed by atoms with E-state index in [-0.39, 0.29) is 11.7 Å². The van der Waals surface area contributed by atoms with Gasteiger partial charge in [0.25, 0.3) is 0 Å². The van der Waals surface area contributed by atoms with Crippen molar-refractivity contribution in [1.29, 1.82) is 10.5 Å². The van der Waals surface area contributed by atoms with Crippen molar-refractivity contribution in [2.75, 3.05) is 0 Å². The minimum Gasteiger partial charge on any atom is -0.358 e. The van der Waals surface area contributed by atoms with Gasteiger partial charge in [0.1, 0.15) is 0 Å². The number of halogens is 1. The third-order valence-corrected chi connectivity index (χ3v) is 5.80. The molecular formula is C20H16ClN3O. The molecule has 5 heteroatoms. The molecule has 4 rings (SSSR count). The molecule has 1 aromatic rings. The van der Waals surface area contributed by atoms with Crippen LogP contribution in [0.1, 0.15) is 24.3 Å². The molecule has 1 saturated heterocycles. The molecule has 1 aliphatic carbocycles. The van der Waals surface area contributed by atoms with Gasteiger partial charge in [-0.2, -0.15) is 10.5 Å². The standard InChI is InChI=1S/C20H16ClN3O/c21-15-6-2-1-5-14(15)17-18(19(25)13-8-9-13)24-10-4-3-7-16(24)20(17,11-22)12-23/h1-7,10,13,16-18H,8-9H2/t16-,17-,18+/m0/s1. The van der Waals surface area contributed by atoms with Crippen molar-refractivity contribution < 1.29 is 4.79 Å². The largest absolute Gasteiger partial charge is 0.358 e. The van der Waals surface area contributed by atoms with Gasteiger partial charge in [0.2, 0.25) is 0 Å². The lowest BCUT2D eigenvalue weighted by molar-refractivity contribution is -0.124. The molecule has 0 aromatic heterocycles. The van der Waals surface area contributed by atoms with Gasteiger partial charge in [-0.1, -0.05) is 42.0 Å². The average Bonchev–Trinajstić information content (AvgIpc) is 3.44. The smallest absolute Gasteiger partial charge is 0.176 e. The van der Waals surface area contributed by atoms with E-state index in [1.54, 1.807) is 6.07 Å². The summed E-state index contributed by atoms with van der Waals surface area (Å²) in [4.78, 5) is 15.0. The summed E-state index contributed by atoms with van der Waals surface area (Å²) < 4.78 is 0. The molecule has 2 fully saturated rings. The van der Waals surface area contributed by atoms with Gasteiger partial charge in [0.05, 0.1) is 24.2 Å². The topological polar surface area (TPSA) is 67.9 Å². The number of Topliss-reactive ketones (excluding diaryl/α,β-unsaturated/α-hetero) is 1. The van der Waals surface area contributed by atoms with Crippen LogP contribution in [0.3, 0.4) is 0 Å². The van der Waals surface area contributed by atoms with E-state index in [4.69, 9.17) is 11.6 Å². The fourth-order valence-electron chi connectivity index (χ4n) is 4.13. The number of carbonyl (C=O) groups is 1. The molecule has 0 unspecified atom stereocenters. The van der Waals surface area contributed by atoms with Gasteiger partial charge in [0.15, 0.2) is 11.2 Å². The van der Waals surface area contributed by atoms with Crippen LogP contribution in [0.15, 0.2) is 48.7 Å². The Balaban J connectivity index is 1.94. The molecule has 124 valence electrons. The van der Waals surface area contributed by atoms with E-state index in [2.05, 4.69) is 12.1 Å². The predicted molar refractivity (Wildman–Crippen MR) is 93.3 cm³/mol. The van der Waals surface area contributed by atoms with E-state index < -0.39 is 23.4 Å². The van der Waals surface area contributed by atoms with Gasteiger partial charge >= 0.3 is 0 Å². The second kappa shape index (κ2) is 5.76. The molecule has 4 nitrogen and oxygen atoms in total. The number of benzene rings is 1. The Labute approximate surface area is 151 Å². The van der Waals surface area contributed by atoms with Crippen molar-refractivity contribution in [3.8, 4) is 12.1 Å². The van der Waals surface area contributed by atoms with E-state index in [1.807, 2.05) is 47.5 Å². The Morgan fingerprint density at radius 1 is 1.20 bits per heavy atom. The van der Waals surface area contributed by atoms with Gasteiger partial charge in [-0.25, -0.2) is 0 Å². The van der Waals surface area contributed by atoms with Gasteiger partial charge in [-0.3, -0.25) is 4.79 Å². The Morgan fingerprint density at radius 3 is 2.56 bits per heavy atom. The van der Waals surface area contributed by atoms with Crippen LogP contribution in [0.25, 0.3) is 0 Å². The zero-order valence-electron chi connectivity index (χ0n) is 13.5. The first-order valence-electron chi connectivity index (χ1n) is 8.37. The number of nitriles is 2. The predicted octanol–water partition coefficient (Wildman–Crippen LogP) is 3.57. The third kappa shape index (κ3) is 2.22. The van der Waals surface area contributed by atoms with Gasteiger partial charge in [0, 0.05) is 23.1 Å². The number of rotatable bonds is 3. The number of carbonyl (C=O) groups excluding carboxylic acids is 1. The van der Waals surface area contributed by atoms with Crippen LogP contribution in [-0.4, -0.2) is 22.8 Å². The van der Waals surface area contributed by atoms with Crippen LogP contribution in [0.2, 0.25) is 5.02 Å². The molecule has 1 aromatic carbocycles. The number of nitrogens with zero attached hydrogens (tertiary/aromatic N) is 3. The van der Waals surface area contributed by atoms with Gasteiger partial charge < -0.3 is 4.90 Å². The summed E-state index contributed by atoms with van der Waals surface area (Å²) in [6.07, 6.45) is 9.12. The van der Waals surface area contributed by atoms with Crippen LogP contribution >= 0.6 is 11.6 Å². The second-order valence-electron chi connectivity index (χ2n) is 6.83. The summed E-state index contributed by atoms with van der Waals surface area (Å²) in [6.45, 7) is 0. The van der Waals surface area contributed by atoms with E-state index >= 15 is 0 Å².